The van der Waals surface area contributed by atoms with Crippen molar-refractivity contribution in [3.8, 4) is 11.8 Å². The maximum Gasteiger partial charge on any atom is 0.188 e. The van der Waals surface area contributed by atoms with Crippen molar-refractivity contribution in [2.24, 2.45) is 0 Å². The van der Waals surface area contributed by atoms with E-state index in [0.29, 0.717) is 11.3 Å². The van der Waals surface area contributed by atoms with E-state index in [9.17, 15) is 0 Å². The Hall–Kier alpha value is -1.61. The second-order valence-corrected chi connectivity index (χ2v) is 6.14. The van der Waals surface area contributed by atoms with E-state index >= 15 is 0 Å². The molecule has 0 unspecified atom stereocenters. The van der Waals surface area contributed by atoms with Crippen LogP contribution in [0.1, 0.15) is 16.7 Å². The first kappa shape index (κ1) is 16.8. The Labute approximate surface area is 146 Å². The Balaban J connectivity index is 2.18. The molecule has 0 atom stereocenters. The monoisotopic (exact) mass is 421 g/mol. The van der Waals surface area contributed by atoms with Gasteiger partial charge in [-0.15, -0.1) is 0 Å². The molecule has 0 aliphatic carbocycles. The summed E-state index contributed by atoms with van der Waals surface area (Å²) < 4.78 is 12.1. The summed E-state index contributed by atoms with van der Waals surface area (Å²) in [6.07, 6.45) is 3.99. The Morgan fingerprint density at radius 3 is 2.18 bits per heavy atom. The van der Waals surface area contributed by atoms with Crippen molar-refractivity contribution in [1.82, 2.24) is 0 Å². The number of hydrogen-bond donors (Lipinski definition) is 0. The van der Waals surface area contributed by atoms with Crippen molar-refractivity contribution in [3.63, 3.8) is 0 Å². The van der Waals surface area contributed by atoms with Gasteiger partial charge in [0.2, 0.25) is 0 Å². The Kier molecular flexibility index (Phi) is 6.20. The van der Waals surface area contributed by atoms with Gasteiger partial charge in [-0.2, -0.15) is 5.26 Å². The fourth-order valence-electron chi connectivity index (χ4n) is 1.79. The van der Waals surface area contributed by atoms with Crippen LogP contribution in [0.2, 0.25) is 0 Å². The van der Waals surface area contributed by atoms with E-state index in [1.807, 2.05) is 36.4 Å². The van der Waals surface area contributed by atoms with Gasteiger partial charge in [0.25, 0.3) is 0 Å². The van der Waals surface area contributed by atoms with Crippen LogP contribution in [-0.2, 0) is 4.74 Å². The van der Waals surface area contributed by atoms with Gasteiger partial charge in [-0.1, -0.05) is 24.3 Å². The molecule has 0 bridgehead atoms. The molecule has 0 radical (unpaired) electrons. The van der Waals surface area contributed by atoms with Crippen molar-refractivity contribution >= 4 is 44.0 Å². The lowest BCUT2D eigenvalue weighted by Crippen LogP contribution is -2.00. The first-order valence-electron chi connectivity index (χ1n) is 6.43. The molecule has 5 heteroatoms. The standard InChI is InChI=1S/C17H13Br2NO2/c1-21-11-22-17-15(18)8-14(9-16(17)19)7-4-12-2-5-13(10-20)6-3-12/h2-9H,11H2,1H3. The minimum Gasteiger partial charge on any atom is -0.465 e. The highest BCUT2D eigenvalue weighted by Crippen LogP contribution is 2.35. The van der Waals surface area contributed by atoms with Crippen molar-refractivity contribution in [3.05, 3.63) is 62.0 Å². The third kappa shape index (κ3) is 4.44. The zero-order valence-corrected chi connectivity index (χ0v) is 15.0. The molecule has 22 heavy (non-hydrogen) atoms. The van der Waals surface area contributed by atoms with Gasteiger partial charge in [-0.3, -0.25) is 0 Å². The average Bonchev–Trinajstić information content (AvgIpc) is 2.52. The van der Waals surface area contributed by atoms with E-state index in [4.69, 9.17) is 14.7 Å². The Morgan fingerprint density at radius 2 is 1.64 bits per heavy atom. The zero-order chi connectivity index (χ0) is 15.9. The maximum absolute atomic E-state index is 8.79. The molecule has 0 heterocycles. The summed E-state index contributed by atoms with van der Waals surface area (Å²) in [6, 6.07) is 13.5. The average molecular weight is 423 g/mol. The topological polar surface area (TPSA) is 42.2 Å². The van der Waals surface area contributed by atoms with Gasteiger partial charge in [0, 0.05) is 7.11 Å². The molecule has 2 aromatic rings. The summed E-state index contributed by atoms with van der Waals surface area (Å²) in [4.78, 5) is 0. The van der Waals surface area contributed by atoms with Crippen LogP contribution >= 0.6 is 31.9 Å². The number of rotatable bonds is 5. The van der Waals surface area contributed by atoms with Crippen molar-refractivity contribution in [2.45, 2.75) is 0 Å². The third-order valence-corrected chi connectivity index (χ3v) is 4.03. The van der Waals surface area contributed by atoms with Crippen molar-refractivity contribution in [2.75, 3.05) is 13.9 Å². The van der Waals surface area contributed by atoms with E-state index in [1.165, 1.54) is 0 Å². The molecule has 0 aliphatic rings. The molecule has 0 spiro atoms. The lowest BCUT2D eigenvalue weighted by molar-refractivity contribution is 0.0500. The van der Waals surface area contributed by atoms with Gasteiger partial charge in [0.05, 0.1) is 20.6 Å². The Morgan fingerprint density at radius 1 is 1.05 bits per heavy atom. The minimum absolute atomic E-state index is 0.192. The predicted octanol–water partition coefficient (Wildman–Crippen LogP) is 5.24. The van der Waals surface area contributed by atoms with Crippen LogP contribution in [0.15, 0.2) is 45.3 Å². The number of methoxy groups -OCH3 is 1. The fourth-order valence-corrected chi connectivity index (χ4v) is 3.24. The molecule has 2 aromatic carbocycles. The molecule has 0 saturated carbocycles. The molecule has 112 valence electrons. The third-order valence-electron chi connectivity index (χ3n) is 2.85. The van der Waals surface area contributed by atoms with Gasteiger partial charge in [-0.05, 0) is 67.3 Å². The maximum atomic E-state index is 8.79. The molecule has 0 N–H and O–H groups in total. The number of benzene rings is 2. The lowest BCUT2D eigenvalue weighted by Gasteiger charge is -2.10. The first-order chi connectivity index (χ1) is 10.6. The van der Waals surface area contributed by atoms with E-state index in [2.05, 4.69) is 37.9 Å². The van der Waals surface area contributed by atoms with E-state index < -0.39 is 0 Å². The predicted molar refractivity (Wildman–Crippen MR) is 94.4 cm³/mol. The van der Waals surface area contributed by atoms with E-state index in [-0.39, 0.29) is 6.79 Å². The van der Waals surface area contributed by atoms with Gasteiger partial charge in [-0.25, -0.2) is 0 Å². The molecule has 0 saturated heterocycles. The first-order valence-corrected chi connectivity index (χ1v) is 8.01. The number of halogens is 2. The van der Waals surface area contributed by atoms with Crippen LogP contribution in [0.3, 0.4) is 0 Å². The van der Waals surface area contributed by atoms with Crippen LogP contribution < -0.4 is 4.74 Å². The lowest BCUT2D eigenvalue weighted by atomic mass is 10.1. The van der Waals surface area contributed by atoms with Crippen LogP contribution in [0, 0.1) is 11.3 Å². The molecule has 0 amide bonds. The fraction of sp³-hybridized carbons (Fsp3) is 0.118. The number of nitrogens with zero attached hydrogens (tertiary/aromatic N) is 1. The zero-order valence-electron chi connectivity index (χ0n) is 11.8. The summed E-state index contributed by atoms with van der Waals surface area (Å²) >= 11 is 6.99. The summed E-state index contributed by atoms with van der Waals surface area (Å²) in [5.74, 6) is 0.706. The number of hydrogen-bond acceptors (Lipinski definition) is 3. The van der Waals surface area contributed by atoms with Crippen LogP contribution in [0.25, 0.3) is 12.2 Å². The normalized spacial score (nSPS) is 10.6. The molecule has 0 aliphatic heterocycles. The highest BCUT2D eigenvalue weighted by molar-refractivity contribution is 9.11. The van der Waals surface area contributed by atoms with Crippen molar-refractivity contribution < 1.29 is 9.47 Å². The molecular weight excluding hydrogens is 410 g/mol. The van der Waals surface area contributed by atoms with E-state index in [1.54, 1.807) is 19.2 Å². The van der Waals surface area contributed by atoms with Crippen LogP contribution in [0.4, 0.5) is 0 Å². The quantitative estimate of drug-likeness (QED) is 0.489. The van der Waals surface area contributed by atoms with E-state index in [0.717, 1.165) is 20.1 Å². The van der Waals surface area contributed by atoms with Gasteiger partial charge >= 0.3 is 0 Å². The number of ether oxygens (including phenoxy) is 2. The summed E-state index contributed by atoms with van der Waals surface area (Å²) in [5.41, 5.74) is 2.71. The molecular formula is C17H13Br2NO2. The summed E-state index contributed by atoms with van der Waals surface area (Å²) in [6.45, 7) is 0.192. The van der Waals surface area contributed by atoms with Gasteiger partial charge in [0.15, 0.2) is 12.5 Å². The smallest absolute Gasteiger partial charge is 0.188 e. The highest BCUT2D eigenvalue weighted by Gasteiger charge is 2.07. The largest absolute Gasteiger partial charge is 0.465 e. The van der Waals surface area contributed by atoms with Crippen molar-refractivity contribution in [1.29, 1.82) is 5.26 Å². The molecule has 0 fully saturated rings. The summed E-state index contributed by atoms with van der Waals surface area (Å²) in [7, 11) is 1.58. The second-order valence-electron chi connectivity index (χ2n) is 4.43. The highest BCUT2D eigenvalue weighted by atomic mass is 79.9. The minimum atomic E-state index is 0.192. The molecule has 3 nitrogen and oxygen atoms in total. The Bertz CT molecular complexity index is 695. The van der Waals surface area contributed by atoms with Gasteiger partial charge in [0.1, 0.15) is 0 Å². The van der Waals surface area contributed by atoms with Crippen LogP contribution in [0.5, 0.6) is 5.75 Å². The summed E-state index contributed by atoms with van der Waals surface area (Å²) in [5, 5.41) is 8.79. The van der Waals surface area contributed by atoms with Crippen LogP contribution in [-0.4, -0.2) is 13.9 Å². The second kappa shape index (κ2) is 8.14. The molecule has 0 aromatic heterocycles. The van der Waals surface area contributed by atoms with Gasteiger partial charge < -0.3 is 9.47 Å². The number of nitriles is 1. The SMILES string of the molecule is COCOc1c(Br)cc(C=Cc2ccc(C#N)cc2)cc1Br. The molecule has 2 rings (SSSR count).